The van der Waals surface area contributed by atoms with Crippen LogP contribution in [0.25, 0.3) is 0 Å². The summed E-state index contributed by atoms with van der Waals surface area (Å²) in [7, 11) is 0. The Morgan fingerprint density at radius 3 is 2.90 bits per heavy atom. The van der Waals surface area contributed by atoms with E-state index in [2.05, 4.69) is 19.1 Å². The van der Waals surface area contributed by atoms with Crippen molar-refractivity contribution in [3.8, 4) is 5.75 Å². The summed E-state index contributed by atoms with van der Waals surface area (Å²) in [6.07, 6.45) is 7.51. The summed E-state index contributed by atoms with van der Waals surface area (Å²) in [4.78, 5) is 0. The smallest absolute Gasteiger partial charge is 0.115 e. The van der Waals surface area contributed by atoms with Crippen LogP contribution >= 0.6 is 0 Å². The lowest BCUT2D eigenvalue weighted by Gasteiger charge is -2.46. The van der Waals surface area contributed by atoms with E-state index >= 15 is 0 Å². The van der Waals surface area contributed by atoms with Gasteiger partial charge < -0.3 is 10.2 Å². The fourth-order valence-electron chi connectivity index (χ4n) is 4.93. The zero-order chi connectivity index (χ0) is 13.9. The van der Waals surface area contributed by atoms with Crippen molar-refractivity contribution in [2.75, 3.05) is 0 Å². The molecule has 0 heterocycles. The number of allylic oxidation sites excluding steroid dienone is 2. The summed E-state index contributed by atoms with van der Waals surface area (Å²) in [5.41, 5.74) is 4.34. The third-order valence-electron chi connectivity index (χ3n) is 6.12. The van der Waals surface area contributed by atoms with Gasteiger partial charge in [0, 0.05) is 11.3 Å². The molecule has 4 atom stereocenters. The molecule has 2 nitrogen and oxygen atoms in total. The van der Waals surface area contributed by atoms with Gasteiger partial charge in [0.05, 0.1) is 6.10 Å². The lowest BCUT2D eigenvalue weighted by molar-refractivity contribution is 0.0267. The second-order valence-electron chi connectivity index (χ2n) is 7.03. The van der Waals surface area contributed by atoms with Crippen molar-refractivity contribution in [1.82, 2.24) is 0 Å². The number of benzene rings is 1. The third kappa shape index (κ3) is 1.54. The molecule has 3 aliphatic rings. The first kappa shape index (κ1) is 12.5. The number of hydrogen-bond donors (Lipinski definition) is 2. The Kier molecular flexibility index (Phi) is 2.56. The van der Waals surface area contributed by atoms with Gasteiger partial charge in [-0.05, 0) is 61.3 Å². The van der Waals surface area contributed by atoms with Crippen LogP contribution in [0.1, 0.15) is 49.7 Å². The fourth-order valence-corrected chi connectivity index (χ4v) is 4.93. The molecule has 20 heavy (non-hydrogen) atoms. The second kappa shape index (κ2) is 4.11. The molecule has 2 heteroatoms. The zero-order valence-electron chi connectivity index (χ0n) is 12.0. The van der Waals surface area contributed by atoms with Crippen molar-refractivity contribution in [3.05, 3.63) is 41.0 Å². The van der Waals surface area contributed by atoms with Crippen LogP contribution in [0.2, 0.25) is 0 Å². The normalized spacial score (nSPS) is 38.7. The van der Waals surface area contributed by atoms with Gasteiger partial charge in [-0.25, -0.2) is 0 Å². The van der Waals surface area contributed by atoms with Gasteiger partial charge in [0.25, 0.3) is 0 Å². The van der Waals surface area contributed by atoms with E-state index in [0.29, 0.717) is 17.6 Å². The van der Waals surface area contributed by atoms with Crippen molar-refractivity contribution in [1.29, 1.82) is 0 Å². The fraction of sp³-hybridized carbons (Fsp3) is 0.556. The molecule has 0 unspecified atom stereocenters. The minimum Gasteiger partial charge on any atom is -0.508 e. The van der Waals surface area contributed by atoms with Crippen LogP contribution in [0.4, 0.5) is 0 Å². The van der Waals surface area contributed by atoms with Crippen molar-refractivity contribution in [2.24, 2.45) is 11.3 Å². The van der Waals surface area contributed by atoms with E-state index < -0.39 is 0 Å². The molecule has 0 radical (unpaired) electrons. The molecule has 0 spiro atoms. The highest BCUT2D eigenvalue weighted by Gasteiger charge is 2.51. The van der Waals surface area contributed by atoms with Gasteiger partial charge in [0.1, 0.15) is 5.75 Å². The van der Waals surface area contributed by atoms with E-state index in [-0.39, 0.29) is 11.5 Å². The summed E-state index contributed by atoms with van der Waals surface area (Å²) >= 11 is 0. The zero-order valence-corrected chi connectivity index (χ0v) is 12.0. The van der Waals surface area contributed by atoms with Gasteiger partial charge in [-0.1, -0.05) is 24.6 Å². The highest BCUT2D eigenvalue weighted by atomic mass is 16.3. The van der Waals surface area contributed by atoms with E-state index in [1.165, 1.54) is 11.1 Å². The molecular weight excluding hydrogens is 248 g/mol. The average molecular weight is 270 g/mol. The summed E-state index contributed by atoms with van der Waals surface area (Å²) in [6.45, 7) is 2.28. The number of aromatic hydroxyl groups is 1. The molecular formula is C18H22O2. The van der Waals surface area contributed by atoms with Gasteiger partial charge in [0.2, 0.25) is 0 Å². The van der Waals surface area contributed by atoms with Crippen molar-refractivity contribution >= 4 is 0 Å². The topological polar surface area (TPSA) is 40.5 Å². The minimum absolute atomic E-state index is 0.0940. The predicted octanol–water partition coefficient (Wildman–Crippen LogP) is 3.53. The van der Waals surface area contributed by atoms with Crippen LogP contribution < -0.4 is 0 Å². The van der Waals surface area contributed by atoms with E-state index in [0.717, 1.165) is 32.1 Å². The van der Waals surface area contributed by atoms with Gasteiger partial charge in [-0.15, -0.1) is 0 Å². The molecule has 4 rings (SSSR count). The first-order valence-electron chi connectivity index (χ1n) is 7.79. The first-order valence-corrected chi connectivity index (χ1v) is 7.79. The van der Waals surface area contributed by atoms with Gasteiger partial charge >= 0.3 is 0 Å². The predicted molar refractivity (Wildman–Crippen MR) is 78.7 cm³/mol. The SMILES string of the molecule is C[C@]12CC[C@@H]3C(=CCc4cc(O)ccc43)[C@@H]1CC[C@H]2O. The number of phenols is 1. The van der Waals surface area contributed by atoms with Crippen LogP contribution in [0.15, 0.2) is 29.8 Å². The maximum Gasteiger partial charge on any atom is 0.115 e. The number of aliphatic hydroxyl groups excluding tert-OH is 1. The molecule has 0 aliphatic heterocycles. The van der Waals surface area contributed by atoms with E-state index in [4.69, 9.17) is 0 Å². The Morgan fingerprint density at radius 1 is 1.20 bits per heavy atom. The summed E-state index contributed by atoms with van der Waals surface area (Å²) in [6, 6.07) is 5.84. The molecule has 1 aromatic rings. The molecule has 0 aromatic heterocycles. The molecule has 2 N–H and O–H groups in total. The number of rotatable bonds is 0. The minimum atomic E-state index is -0.129. The molecule has 106 valence electrons. The molecule has 0 bridgehead atoms. The molecule has 0 amide bonds. The van der Waals surface area contributed by atoms with Crippen LogP contribution in [-0.2, 0) is 6.42 Å². The molecule has 1 aromatic carbocycles. The average Bonchev–Trinajstić information content (AvgIpc) is 2.74. The Balaban J connectivity index is 1.76. The van der Waals surface area contributed by atoms with E-state index in [9.17, 15) is 10.2 Å². The van der Waals surface area contributed by atoms with Gasteiger partial charge in [0.15, 0.2) is 0 Å². The quantitative estimate of drug-likeness (QED) is 0.708. The monoisotopic (exact) mass is 270 g/mol. The largest absolute Gasteiger partial charge is 0.508 e. The van der Waals surface area contributed by atoms with E-state index in [1.807, 2.05) is 12.1 Å². The Morgan fingerprint density at radius 2 is 2.05 bits per heavy atom. The molecule has 3 aliphatic carbocycles. The van der Waals surface area contributed by atoms with Crippen LogP contribution in [-0.4, -0.2) is 16.3 Å². The number of phenolic OH excluding ortho intramolecular Hbond substituents is 1. The van der Waals surface area contributed by atoms with Crippen LogP contribution in [0.5, 0.6) is 5.75 Å². The molecule has 2 fully saturated rings. The van der Waals surface area contributed by atoms with Gasteiger partial charge in [-0.2, -0.15) is 0 Å². The summed E-state index contributed by atoms with van der Waals surface area (Å²) < 4.78 is 0. The first-order chi connectivity index (χ1) is 9.59. The van der Waals surface area contributed by atoms with Crippen LogP contribution in [0, 0.1) is 11.3 Å². The lowest BCUT2D eigenvalue weighted by atomic mass is 9.59. The van der Waals surface area contributed by atoms with Crippen LogP contribution in [0.3, 0.4) is 0 Å². The maximum absolute atomic E-state index is 10.3. The summed E-state index contributed by atoms with van der Waals surface area (Å²) in [5.74, 6) is 1.44. The Labute approximate surface area is 120 Å². The third-order valence-corrected chi connectivity index (χ3v) is 6.12. The van der Waals surface area contributed by atoms with Crippen molar-refractivity contribution < 1.29 is 10.2 Å². The number of aliphatic hydroxyl groups is 1. The maximum atomic E-state index is 10.3. The molecule has 2 saturated carbocycles. The second-order valence-corrected chi connectivity index (χ2v) is 7.03. The van der Waals surface area contributed by atoms with Gasteiger partial charge in [-0.3, -0.25) is 0 Å². The molecule has 0 saturated heterocycles. The standard InChI is InChI=1S/C18H22O2/c1-18-9-8-14-13-5-3-12(19)10-11(13)2-4-15(14)16(18)6-7-17(18)20/h3-5,10,14,16-17,19-20H,2,6-9H2,1H3/t14-,16-,17+,18-/m0/s1. The van der Waals surface area contributed by atoms with E-state index in [1.54, 1.807) is 5.57 Å². The number of fused-ring (bicyclic) bond motifs is 5. The lowest BCUT2D eigenvalue weighted by Crippen LogP contribution is -2.39. The Hall–Kier alpha value is -1.28. The number of hydrogen-bond acceptors (Lipinski definition) is 2. The summed E-state index contributed by atoms with van der Waals surface area (Å²) in [5, 5.41) is 20.0. The Bertz CT molecular complexity index is 589. The highest BCUT2D eigenvalue weighted by Crippen LogP contribution is 2.59. The highest BCUT2D eigenvalue weighted by molar-refractivity contribution is 5.47. The van der Waals surface area contributed by atoms with Crippen molar-refractivity contribution in [2.45, 2.75) is 51.0 Å². The van der Waals surface area contributed by atoms with Crippen molar-refractivity contribution in [3.63, 3.8) is 0 Å².